The van der Waals surface area contributed by atoms with Crippen LogP contribution >= 0.6 is 11.3 Å². The molecule has 11 nitrogen and oxygen atoms in total. The molecule has 2 amide bonds. The maximum atomic E-state index is 13.1. The van der Waals surface area contributed by atoms with Gasteiger partial charge in [0.05, 0.1) is 5.69 Å². The first-order valence-electron chi connectivity index (χ1n) is 10.9. The van der Waals surface area contributed by atoms with Gasteiger partial charge in [-0.1, -0.05) is 40.0 Å². The number of aromatic nitrogens is 2. The van der Waals surface area contributed by atoms with Crippen molar-refractivity contribution in [1.82, 2.24) is 14.9 Å². The molecule has 0 saturated heterocycles. The van der Waals surface area contributed by atoms with Crippen LogP contribution in [0, 0.1) is 0 Å². The molecule has 0 spiro atoms. The predicted octanol–water partition coefficient (Wildman–Crippen LogP) is 2.59. The van der Waals surface area contributed by atoms with Crippen LogP contribution in [0.1, 0.15) is 85.3 Å². The molecule has 2 aromatic rings. The van der Waals surface area contributed by atoms with E-state index in [2.05, 4.69) is 10.3 Å². The highest BCUT2D eigenvalue weighted by Crippen LogP contribution is 2.36. The van der Waals surface area contributed by atoms with Gasteiger partial charge in [0.25, 0.3) is 17.4 Å². The Morgan fingerprint density at radius 2 is 1.76 bits per heavy atom. The van der Waals surface area contributed by atoms with Crippen molar-refractivity contribution < 1.29 is 29.7 Å². The van der Waals surface area contributed by atoms with Gasteiger partial charge < -0.3 is 20.6 Å². The maximum absolute atomic E-state index is 13.1. The molecule has 1 aliphatic rings. The number of pyridine rings is 1. The third kappa shape index (κ3) is 5.22. The van der Waals surface area contributed by atoms with Crippen LogP contribution in [0.4, 0.5) is 5.13 Å². The molecule has 0 bridgehead atoms. The predicted molar refractivity (Wildman–Crippen MR) is 125 cm³/mol. The minimum absolute atomic E-state index is 0.209. The summed E-state index contributed by atoms with van der Waals surface area (Å²) >= 11 is 1.15. The summed E-state index contributed by atoms with van der Waals surface area (Å²) in [4.78, 5) is 54.1. The van der Waals surface area contributed by atoms with Gasteiger partial charge in [0, 0.05) is 16.8 Å². The lowest BCUT2D eigenvalue weighted by molar-refractivity contribution is -0.135. The summed E-state index contributed by atoms with van der Waals surface area (Å²) in [6, 6.07) is -0.480. The van der Waals surface area contributed by atoms with E-state index >= 15 is 0 Å². The fraction of sp³-hybridized carbons (Fsp3) is 0.500. The summed E-state index contributed by atoms with van der Waals surface area (Å²) in [6.07, 6.45) is 3.60. The molecule has 0 aromatic carbocycles. The Kier molecular flexibility index (Phi) is 7.29. The van der Waals surface area contributed by atoms with Gasteiger partial charge in [0.2, 0.25) is 5.88 Å². The highest BCUT2D eigenvalue weighted by Gasteiger charge is 2.33. The Balaban J connectivity index is 2.09. The monoisotopic (exact) mass is 492 g/mol. The van der Waals surface area contributed by atoms with Crippen molar-refractivity contribution in [3.05, 3.63) is 32.6 Å². The van der Waals surface area contributed by atoms with E-state index in [4.69, 9.17) is 5.11 Å². The first-order chi connectivity index (χ1) is 15.9. The molecule has 5 N–H and O–H groups in total. The third-order valence-corrected chi connectivity index (χ3v) is 6.40. The Morgan fingerprint density at radius 3 is 2.32 bits per heavy atom. The minimum atomic E-state index is -1.35. The van der Waals surface area contributed by atoms with Gasteiger partial charge in [-0.3, -0.25) is 29.1 Å². The molecule has 0 aliphatic heterocycles. The van der Waals surface area contributed by atoms with Crippen LogP contribution in [0.5, 0.6) is 11.6 Å². The van der Waals surface area contributed by atoms with Gasteiger partial charge in [-0.05, 0) is 12.8 Å². The molecular weight excluding hydrogens is 464 g/mol. The molecule has 2 heterocycles. The zero-order chi connectivity index (χ0) is 25.2. The highest BCUT2D eigenvalue weighted by molar-refractivity contribution is 7.14. The number of nitrogens with one attached hydrogen (secondary N) is 2. The van der Waals surface area contributed by atoms with Crippen molar-refractivity contribution >= 4 is 34.3 Å². The van der Waals surface area contributed by atoms with Crippen LogP contribution in [0.15, 0.2) is 10.2 Å². The van der Waals surface area contributed by atoms with E-state index in [0.29, 0.717) is 12.8 Å². The number of anilines is 1. The van der Waals surface area contributed by atoms with E-state index in [9.17, 15) is 29.4 Å². The topological polar surface area (TPSA) is 171 Å². The summed E-state index contributed by atoms with van der Waals surface area (Å²) in [5.74, 6) is -5.25. The van der Waals surface area contributed by atoms with Crippen LogP contribution in [0.2, 0.25) is 0 Å². The molecule has 34 heavy (non-hydrogen) atoms. The fourth-order valence-corrected chi connectivity index (χ4v) is 4.77. The molecular formula is C22H28N4O7S. The molecule has 12 heteroatoms. The Bertz CT molecular complexity index is 1170. The van der Waals surface area contributed by atoms with Gasteiger partial charge in [-0.2, -0.15) is 0 Å². The number of amides is 2. The van der Waals surface area contributed by atoms with E-state index in [1.807, 2.05) is 26.1 Å². The third-order valence-electron chi connectivity index (χ3n) is 5.65. The second kappa shape index (κ2) is 9.84. The second-order valence-corrected chi connectivity index (χ2v) is 10.1. The lowest BCUT2D eigenvalue weighted by Gasteiger charge is -2.26. The number of thiazole rings is 1. The normalized spacial score (nSPS) is 14.6. The number of rotatable bonds is 6. The number of hydrogen-bond acceptors (Lipinski definition) is 8. The first-order valence-corrected chi connectivity index (χ1v) is 11.8. The number of carboxylic acids is 1. The zero-order valence-electron chi connectivity index (χ0n) is 19.2. The second-order valence-electron chi connectivity index (χ2n) is 9.21. The minimum Gasteiger partial charge on any atom is -0.506 e. The average molecular weight is 493 g/mol. The number of carbonyl (C=O) groups is 3. The largest absolute Gasteiger partial charge is 0.506 e. The van der Waals surface area contributed by atoms with Crippen molar-refractivity contribution in [2.75, 3.05) is 11.9 Å². The Hall–Kier alpha value is -3.41. The number of nitrogens with zero attached hydrogens (tertiary/aromatic N) is 2. The Morgan fingerprint density at radius 1 is 1.12 bits per heavy atom. The SMILES string of the molecule is CC(C)(C)c1csc(NC(=O)c2c(O)c(C(=O)NCC(=O)O)c(=O)n(C3CCCCC3)c2O)n1. The number of carbonyl (C=O) groups excluding carboxylic acids is 2. The molecule has 184 valence electrons. The maximum Gasteiger partial charge on any atom is 0.322 e. The van der Waals surface area contributed by atoms with Gasteiger partial charge >= 0.3 is 5.97 Å². The van der Waals surface area contributed by atoms with Gasteiger partial charge in [-0.15, -0.1) is 11.3 Å². The van der Waals surface area contributed by atoms with E-state index in [1.54, 1.807) is 5.38 Å². The van der Waals surface area contributed by atoms with Crippen molar-refractivity contribution in [1.29, 1.82) is 0 Å². The van der Waals surface area contributed by atoms with Crippen molar-refractivity contribution in [3.63, 3.8) is 0 Å². The van der Waals surface area contributed by atoms with E-state index in [0.717, 1.165) is 40.9 Å². The highest BCUT2D eigenvalue weighted by atomic mass is 32.1. The lowest BCUT2D eigenvalue weighted by Crippen LogP contribution is -2.38. The van der Waals surface area contributed by atoms with E-state index in [1.165, 1.54) is 0 Å². The van der Waals surface area contributed by atoms with Crippen molar-refractivity contribution in [2.24, 2.45) is 0 Å². The van der Waals surface area contributed by atoms with Crippen LogP contribution in [0.25, 0.3) is 0 Å². The van der Waals surface area contributed by atoms with Crippen molar-refractivity contribution in [3.8, 4) is 11.6 Å². The molecule has 2 aromatic heterocycles. The number of aromatic hydroxyl groups is 2. The van der Waals surface area contributed by atoms with Crippen LogP contribution in [-0.2, 0) is 10.2 Å². The number of hydrogen-bond donors (Lipinski definition) is 5. The number of carboxylic acid groups (broad SMARTS) is 1. The molecule has 0 radical (unpaired) electrons. The fourth-order valence-electron chi connectivity index (χ4n) is 3.84. The molecule has 1 fully saturated rings. The summed E-state index contributed by atoms with van der Waals surface area (Å²) in [5.41, 5.74) is -2.00. The lowest BCUT2D eigenvalue weighted by atomic mass is 9.93. The summed E-state index contributed by atoms with van der Waals surface area (Å²) < 4.78 is 0.950. The van der Waals surface area contributed by atoms with Crippen molar-refractivity contribution in [2.45, 2.75) is 64.3 Å². The van der Waals surface area contributed by atoms with E-state index < -0.39 is 58.7 Å². The molecule has 1 saturated carbocycles. The Labute approximate surface area is 199 Å². The zero-order valence-corrected chi connectivity index (χ0v) is 20.0. The smallest absolute Gasteiger partial charge is 0.322 e. The van der Waals surface area contributed by atoms with Crippen LogP contribution in [-0.4, -0.2) is 49.2 Å². The molecule has 0 unspecified atom stereocenters. The molecule has 0 atom stereocenters. The summed E-state index contributed by atoms with van der Waals surface area (Å²) in [6.45, 7) is 5.06. The van der Waals surface area contributed by atoms with E-state index in [-0.39, 0.29) is 10.5 Å². The first kappa shape index (κ1) is 25.2. The standard InChI is InChI=1S/C22H28N4O7S/c1-22(2,3)12-10-34-21(24-12)25-18(31)15-16(29)14(17(30)23-9-13(27)28)19(32)26(20(15)33)11-7-5-4-6-8-11/h10-11,29,33H,4-9H2,1-3H3,(H,23,30)(H,27,28)(H,24,25,31). The van der Waals surface area contributed by atoms with Gasteiger partial charge in [-0.25, -0.2) is 4.98 Å². The molecule has 1 aliphatic carbocycles. The number of aliphatic carboxylic acids is 1. The quantitative estimate of drug-likeness (QED) is 0.409. The van der Waals surface area contributed by atoms with Gasteiger partial charge in [0.15, 0.2) is 10.9 Å². The van der Waals surface area contributed by atoms with Crippen LogP contribution in [0.3, 0.4) is 0 Å². The molecule has 3 rings (SSSR count). The van der Waals surface area contributed by atoms with Gasteiger partial charge in [0.1, 0.15) is 17.7 Å². The summed E-state index contributed by atoms with van der Waals surface area (Å²) in [7, 11) is 0. The van der Waals surface area contributed by atoms with Crippen LogP contribution < -0.4 is 16.2 Å². The summed E-state index contributed by atoms with van der Waals surface area (Å²) in [5, 5.41) is 37.0. The average Bonchev–Trinajstić information content (AvgIpc) is 3.22.